The van der Waals surface area contributed by atoms with E-state index in [4.69, 9.17) is 14.6 Å². The molecule has 4 rings (SSSR count). The number of amides is 2. The van der Waals surface area contributed by atoms with Gasteiger partial charge < -0.3 is 39.6 Å². The van der Waals surface area contributed by atoms with Crippen LogP contribution >= 0.6 is 0 Å². The van der Waals surface area contributed by atoms with Gasteiger partial charge in [-0.25, -0.2) is 0 Å². The van der Waals surface area contributed by atoms with Crippen molar-refractivity contribution in [2.75, 3.05) is 92.9 Å². The number of hydrogen-bond acceptors (Lipinski definition) is 8. The predicted octanol–water partition coefficient (Wildman–Crippen LogP) is 0.0639. The number of fused-ring (bicyclic) bond motifs is 1. The Bertz CT molecular complexity index is 1070. The highest BCUT2D eigenvalue weighted by Gasteiger charge is 2.31. The van der Waals surface area contributed by atoms with Crippen LogP contribution in [-0.2, 0) is 9.53 Å². The van der Waals surface area contributed by atoms with Gasteiger partial charge in [-0.2, -0.15) is 0 Å². The molecule has 38 heavy (non-hydrogen) atoms. The molecule has 11 heteroatoms. The van der Waals surface area contributed by atoms with E-state index in [0.29, 0.717) is 57.7 Å². The van der Waals surface area contributed by atoms with E-state index in [0.717, 1.165) is 42.8 Å². The van der Waals surface area contributed by atoms with E-state index in [1.807, 2.05) is 34.1 Å². The van der Waals surface area contributed by atoms with Crippen LogP contribution in [0, 0.1) is 0 Å². The van der Waals surface area contributed by atoms with Gasteiger partial charge in [0.05, 0.1) is 33.5 Å². The maximum Gasteiger partial charge on any atom is 0.270 e. The van der Waals surface area contributed by atoms with Crippen molar-refractivity contribution >= 4 is 22.7 Å². The van der Waals surface area contributed by atoms with Crippen LogP contribution in [0.3, 0.4) is 0 Å². The van der Waals surface area contributed by atoms with Crippen molar-refractivity contribution in [1.29, 1.82) is 0 Å². The Kier molecular flexibility index (Phi) is 9.97. The number of nitrogens with zero attached hydrogens (tertiary/aromatic N) is 4. The van der Waals surface area contributed by atoms with Crippen LogP contribution in [0.4, 0.5) is 0 Å². The van der Waals surface area contributed by atoms with E-state index in [9.17, 15) is 9.59 Å². The second-order valence-electron chi connectivity index (χ2n) is 10.3. The van der Waals surface area contributed by atoms with Crippen molar-refractivity contribution in [1.82, 2.24) is 29.9 Å². The first-order valence-corrected chi connectivity index (χ1v) is 13.5. The number of aliphatic hydroxyl groups excluding tert-OH is 1. The van der Waals surface area contributed by atoms with Gasteiger partial charge >= 0.3 is 0 Å². The molecule has 0 saturated carbocycles. The number of piperazine rings is 2. The van der Waals surface area contributed by atoms with Gasteiger partial charge in [0, 0.05) is 75.3 Å². The van der Waals surface area contributed by atoms with Crippen LogP contribution in [0.15, 0.2) is 24.3 Å². The molecule has 210 valence electrons. The first-order chi connectivity index (χ1) is 18.4. The number of hydrogen-bond donors (Lipinski definition) is 3. The summed E-state index contributed by atoms with van der Waals surface area (Å²) in [6, 6.07) is 8.09. The van der Waals surface area contributed by atoms with Gasteiger partial charge in [0.25, 0.3) is 5.91 Å². The van der Waals surface area contributed by atoms with Gasteiger partial charge in [0.1, 0.15) is 11.4 Å². The fourth-order valence-electron chi connectivity index (χ4n) is 5.20. The van der Waals surface area contributed by atoms with Crippen molar-refractivity contribution in [2.45, 2.75) is 19.0 Å². The average molecular weight is 531 g/mol. The third-order valence-corrected chi connectivity index (χ3v) is 7.42. The number of nitrogens with one attached hydrogen (secondary N) is 2. The molecule has 0 radical (unpaired) electrons. The Morgan fingerprint density at radius 3 is 2.63 bits per heavy atom. The van der Waals surface area contributed by atoms with E-state index < -0.39 is 0 Å². The summed E-state index contributed by atoms with van der Waals surface area (Å²) in [5.74, 6) is 0.819. The molecule has 1 aromatic carbocycles. The molecule has 0 aliphatic carbocycles. The van der Waals surface area contributed by atoms with Crippen LogP contribution in [0.25, 0.3) is 10.9 Å². The van der Waals surface area contributed by atoms with Crippen LogP contribution in [0.1, 0.15) is 17.4 Å². The zero-order chi connectivity index (χ0) is 27.1. The number of carbonyl (C=O) groups is 2. The maximum absolute atomic E-state index is 13.3. The third-order valence-electron chi connectivity index (χ3n) is 7.42. The first-order valence-electron chi connectivity index (χ1n) is 13.5. The molecule has 11 nitrogen and oxygen atoms in total. The molecular weight excluding hydrogens is 488 g/mol. The molecule has 3 heterocycles. The number of likely N-dealkylation sites (N-methyl/N-ethyl adjacent to an activating group) is 1. The van der Waals surface area contributed by atoms with Crippen molar-refractivity contribution in [3.05, 3.63) is 30.0 Å². The lowest BCUT2D eigenvalue weighted by Gasteiger charge is -2.42. The maximum atomic E-state index is 13.3. The number of carbonyl (C=O) groups excluding carboxylic acids is 2. The molecular formula is C27H42N6O5. The first kappa shape index (κ1) is 28.3. The van der Waals surface area contributed by atoms with Crippen LogP contribution in [0.5, 0.6) is 5.75 Å². The fraction of sp³-hybridized carbons (Fsp3) is 0.630. The van der Waals surface area contributed by atoms with Crippen LogP contribution < -0.4 is 10.1 Å². The second kappa shape index (κ2) is 13.4. The van der Waals surface area contributed by atoms with E-state index in [1.165, 1.54) is 0 Å². The summed E-state index contributed by atoms with van der Waals surface area (Å²) < 4.78 is 10.7. The quantitative estimate of drug-likeness (QED) is 0.350. The minimum Gasteiger partial charge on any atom is -0.497 e. The zero-order valence-electron chi connectivity index (χ0n) is 22.8. The number of aromatic nitrogens is 1. The number of ether oxygens (including phenoxy) is 2. The minimum absolute atomic E-state index is 0.0329. The lowest BCUT2D eigenvalue weighted by atomic mass is 10.1. The standard InChI is InChI=1S/C27H42N6O5/c1-20-17-33(22(16-28-20)18-30(2)10-12-38-13-11-34)19-26(35)31-6-8-32(9-7-31)27(36)25-15-21-14-23(37-3)4-5-24(21)29-25/h4-5,14-15,20,22,28-29,34H,6-13,16-19H2,1-3H3/t20-,22-/m1/s1. The van der Waals surface area contributed by atoms with Gasteiger partial charge in [0.2, 0.25) is 5.91 Å². The topological polar surface area (TPSA) is 114 Å². The molecule has 0 bridgehead atoms. The van der Waals surface area contributed by atoms with E-state index >= 15 is 0 Å². The fourth-order valence-corrected chi connectivity index (χ4v) is 5.20. The van der Waals surface area contributed by atoms with Gasteiger partial charge in [-0.1, -0.05) is 0 Å². The number of methoxy groups -OCH3 is 1. The smallest absolute Gasteiger partial charge is 0.270 e. The highest BCUT2D eigenvalue weighted by atomic mass is 16.5. The molecule has 0 spiro atoms. The molecule has 2 aliphatic rings. The lowest BCUT2D eigenvalue weighted by molar-refractivity contribution is -0.135. The number of H-pyrrole nitrogens is 1. The summed E-state index contributed by atoms with van der Waals surface area (Å²) >= 11 is 0. The number of rotatable bonds is 11. The molecule has 2 atom stereocenters. The predicted molar refractivity (Wildman–Crippen MR) is 146 cm³/mol. The summed E-state index contributed by atoms with van der Waals surface area (Å²) in [7, 11) is 3.68. The third kappa shape index (κ3) is 7.23. The van der Waals surface area contributed by atoms with Crippen molar-refractivity contribution < 1.29 is 24.2 Å². The van der Waals surface area contributed by atoms with Gasteiger partial charge in [0.15, 0.2) is 0 Å². The van der Waals surface area contributed by atoms with Crippen LogP contribution in [-0.4, -0.2) is 146 Å². The van der Waals surface area contributed by atoms with E-state index in [2.05, 4.69) is 34.1 Å². The average Bonchev–Trinajstić information content (AvgIpc) is 3.35. The molecule has 2 fully saturated rings. The molecule has 2 aromatic rings. The van der Waals surface area contributed by atoms with Crippen molar-refractivity contribution in [3.63, 3.8) is 0 Å². The normalized spacial score (nSPS) is 20.9. The largest absolute Gasteiger partial charge is 0.497 e. The number of aliphatic hydroxyl groups is 1. The van der Waals surface area contributed by atoms with Crippen LogP contribution in [0.2, 0.25) is 0 Å². The molecule has 3 N–H and O–H groups in total. The highest BCUT2D eigenvalue weighted by Crippen LogP contribution is 2.22. The van der Waals surface area contributed by atoms with E-state index in [1.54, 1.807) is 7.11 Å². The minimum atomic E-state index is -0.0470. The molecule has 2 amide bonds. The summed E-state index contributed by atoms with van der Waals surface area (Å²) in [5, 5.41) is 13.3. The molecule has 1 aromatic heterocycles. The molecule has 2 saturated heterocycles. The van der Waals surface area contributed by atoms with E-state index in [-0.39, 0.29) is 24.5 Å². The number of aromatic amines is 1. The van der Waals surface area contributed by atoms with Gasteiger partial charge in [-0.3, -0.25) is 14.5 Å². The monoisotopic (exact) mass is 530 g/mol. The lowest BCUT2D eigenvalue weighted by Crippen LogP contribution is -2.61. The summed E-state index contributed by atoms with van der Waals surface area (Å²) in [6.45, 7) is 8.82. The summed E-state index contributed by atoms with van der Waals surface area (Å²) in [6.07, 6.45) is 0. The molecule has 2 aliphatic heterocycles. The Morgan fingerprint density at radius 1 is 1.13 bits per heavy atom. The zero-order valence-corrected chi connectivity index (χ0v) is 22.8. The Labute approximate surface area is 224 Å². The molecule has 0 unspecified atom stereocenters. The van der Waals surface area contributed by atoms with Gasteiger partial charge in [-0.15, -0.1) is 0 Å². The van der Waals surface area contributed by atoms with Crippen molar-refractivity contribution in [2.24, 2.45) is 0 Å². The number of benzene rings is 1. The van der Waals surface area contributed by atoms with Crippen molar-refractivity contribution in [3.8, 4) is 5.75 Å². The Hall–Kier alpha value is -2.70. The highest BCUT2D eigenvalue weighted by molar-refractivity contribution is 5.98. The second-order valence-corrected chi connectivity index (χ2v) is 10.3. The van der Waals surface area contributed by atoms with Gasteiger partial charge in [-0.05, 0) is 38.2 Å². The SMILES string of the molecule is COc1ccc2[nH]c(C(=O)N3CCN(C(=O)CN4C[C@@H](C)NC[C@@H]4CN(C)CCOCCO)CC3)cc2c1. The summed E-state index contributed by atoms with van der Waals surface area (Å²) in [4.78, 5) is 37.8. The Morgan fingerprint density at radius 2 is 1.89 bits per heavy atom. The Balaban J connectivity index is 1.28. The summed E-state index contributed by atoms with van der Waals surface area (Å²) in [5.41, 5.74) is 1.45.